The van der Waals surface area contributed by atoms with Crippen LogP contribution < -0.4 is 5.32 Å². The Balaban J connectivity index is 1.52. The highest BCUT2D eigenvalue weighted by Gasteiger charge is 2.11. The van der Waals surface area contributed by atoms with Crippen molar-refractivity contribution in [2.45, 2.75) is 13.1 Å². The molecule has 3 aromatic heterocycles. The van der Waals surface area contributed by atoms with Gasteiger partial charge in [-0.15, -0.1) is 0 Å². The van der Waals surface area contributed by atoms with E-state index in [9.17, 15) is 4.79 Å². The van der Waals surface area contributed by atoms with Gasteiger partial charge in [-0.05, 0) is 23.8 Å². The van der Waals surface area contributed by atoms with E-state index in [1.54, 1.807) is 30.8 Å². The van der Waals surface area contributed by atoms with Crippen LogP contribution in [0.1, 0.15) is 21.7 Å². The van der Waals surface area contributed by atoms with Crippen LogP contribution in [0.25, 0.3) is 11.0 Å². The summed E-state index contributed by atoms with van der Waals surface area (Å²) in [5.74, 6) is 0.514. The topological polar surface area (TPSA) is 73.0 Å². The van der Waals surface area contributed by atoms with Crippen molar-refractivity contribution in [3.8, 4) is 0 Å². The van der Waals surface area contributed by atoms with Crippen LogP contribution >= 0.6 is 0 Å². The van der Waals surface area contributed by atoms with Gasteiger partial charge >= 0.3 is 0 Å². The highest BCUT2D eigenvalue weighted by Crippen LogP contribution is 2.15. The molecule has 4 aromatic rings. The Bertz CT molecular complexity index is 991. The van der Waals surface area contributed by atoms with Crippen LogP contribution in [0, 0.1) is 0 Å². The first-order valence-electron chi connectivity index (χ1n) is 7.96. The number of nitrogens with zero attached hydrogens (tertiary/aromatic N) is 3. The minimum atomic E-state index is -0.193. The number of benzene rings is 1. The van der Waals surface area contributed by atoms with Crippen LogP contribution in [-0.4, -0.2) is 20.7 Å². The van der Waals surface area contributed by atoms with Crippen molar-refractivity contribution in [3.63, 3.8) is 0 Å². The molecule has 6 heteroatoms. The maximum atomic E-state index is 12.3. The molecule has 0 spiro atoms. The number of carbonyl (C=O) groups is 1. The Labute approximate surface area is 144 Å². The summed E-state index contributed by atoms with van der Waals surface area (Å²) in [4.78, 5) is 16.7. The van der Waals surface area contributed by atoms with Crippen molar-refractivity contribution in [1.29, 1.82) is 0 Å². The summed E-state index contributed by atoms with van der Waals surface area (Å²) < 4.78 is 7.03. The summed E-state index contributed by atoms with van der Waals surface area (Å²) >= 11 is 0. The molecular formula is C19H16N4O2. The van der Waals surface area contributed by atoms with Gasteiger partial charge < -0.3 is 9.73 Å². The van der Waals surface area contributed by atoms with Crippen molar-refractivity contribution >= 4 is 16.9 Å². The molecule has 124 valence electrons. The van der Waals surface area contributed by atoms with Gasteiger partial charge in [0.2, 0.25) is 0 Å². The lowest BCUT2D eigenvalue weighted by molar-refractivity contribution is 0.0948. The monoisotopic (exact) mass is 332 g/mol. The zero-order chi connectivity index (χ0) is 17.1. The van der Waals surface area contributed by atoms with Crippen LogP contribution in [0.4, 0.5) is 0 Å². The van der Waals surface area contributed by atoms with Crippen molar-refractivity contribution in [1.82, 2.24) is 20.1 Å². The zero-order valence-electron chi connectivity index (χ0n) is 13.4. The number of hydrogen-bond acceptors (Lipinski definition) is 4. The van der Waals surface area contributed by atoms with Gasteiger partial charge in [0.25, 0.3) is 5.91 Å². The summed E-state index contributed by atoms with van der Waals surface area (Å²) in [5, 5.41) is 8.03. The lowest BCUT2D eigenvalue weighted by Gasteiger charge is -2.05. The Morgan fingerprint density at radius 1 is 1.12 bits per heavy atom. The third-order valence-corrected chi connectivity index (χ3v) is 3.92. The smallest absolute Gasteiger partial charge is 0.253 e. The third kappa shape index (κ3) is 3.28. The number of aromatic nitrogens is 3. The summed E-state index contributed by atoms with van der Waals surface area (Å²) in [6, 6.07) is 15.5. The fourth-order valence-electron chi connectivity index (χ4n) is 2.65. The molecule has 0 atom stereocenters. The van der Waals surface area contributed by atoms with E-state index in [1.807, 2.05) is 41.1 Å². The molecule has 0 unspecified atom stereocenters. The molecule has 0 bridgehead atoms. The summed E-state index contributed by atoms with van der Waals surface area (Å²) in [5.41, 5.74) is 2.40. The Morgan fingerprint density at radius 2 is 2.00 bits per heavy atom. The van der Waals surface area contributed by atoms with Gasteiger partial charge in [0.15, 0.2) is 5.65 Å². The molecule has 25 heavy (non-hydrogen) atoms. The fraction of sp³-hybridized carbons (Fsp3) is 0.105. The standard InChI is InChI=1S/C19H16N4O2/c24-19(21-12-17-7-4-8-25-17)16-9-15-11-22-23(18(15)20-10-16)13-14-5-2-1-3-6-14/h1-11H,12-13H2,(H,21,24). The van der Waals surface area contributed by atoms with E-state index in [4.69, 9.17) is 4.42 Å². The van der Waals surface area contributed by atoms with Crippen LogP contribution in [0.15, 0.2) is 71.6 Å². The average molecular weight is 332 g/mol. The second-order valence-corrected chi connectivity index (χ2v) is 5.69. The highest BCUT2D eigenvalue weighted by molar-refractivity contribution is 5.96. The summed E-state index contributed by atoms with van der Waals surface area (Å²) in [6.07, 6.45) is 4.88. The van der Waals surface area contributed by atoms with Gasteiger partial charge in [0, 0.05) is 11.6 Å². The summed E-state index contributed by atoms with van der Waals surface area (Å²) in [6.45, 7) is 0.985. The molecule has 1 aromatic carbocycles. The van der Waals surface area contributed by atoms with E-state index in [-0.39, 0.29) is 5.91 Å². The van der Waals surface area contributed by atoms with E-state index < -0.39 is 0 Å². The molecule has 0 aliphatic rings. The molecule has 0 radical (unpaired) electrons. The van der Waals surface area contributed by atoms with Crippen molar-refractivity contribution < 1.29 is 9.21 Å². The fourth-order valence-corrected chi connectivity index (χ4v) is 2.65. The van der Waals surface area contributed by atoms with Gasteiger partial charge in [0.1, 0.15) is 5.76 Å². The zero-order valence-corrected chi connectivity index (χ0v) is 13.4. The molecular weight excluding hydrogens is 316 g/mol. The Kier molecular flexibility index (Phi) is 4.00. The molecule has 0 aliphatic heterocycles. The first kappa shape index (κ1) is 15.1. The largest absolute Gasteiger partial charge is 0.467 e. The molecule has 1 N–H and O–H groups in total. The Hall–Kier alpha value is -3.41. The van der Waals surface area contributed by atoms with E-state index >= 15 is 0 Å². The lowest BCUT2D eigenvalue weighted by Crippen LogP contribution is -2.22. The van der Waals surface area contributed by atoms with E-state index in [0.717, 1.165) is 16.6 Å². The molecule has 0 aliphatic carbocycles. The van der Waals surface area contributed by atoms with Crippen LogP contribution in [0.2, 0.25) is 0 Å². The molecule has 0 saturated carbocycles. The average Bonchev–Trinajstić information content (AvgIpc) is 3.30. The number of carbonyl (C=O) groups excluding carboxylic acids is 1. The number of nitrogens with one attached hydrogen (secondary N) is 1. The normalized spacial score (nSPS) is 10.9. The molecule has 4 rings (SSSR count). The maximum absolute atomic E-state index is 12.3. The number of hydrogen-bond donors (Lipinski definition) is 1. The lowest BCUT2D eigenvalue weighted by atomic mass is 10.2. The predicted molar refractivity (Wildman–Crippen MR) is 93.0 cm³/mol. The number of furan rings is 1. The van der Waals surface area contributed by atoms with Gasteiger partial charge in [-0.1, -0.05) is 30.3 Å². The minimum absolute atomic E-state index is 0.193. The van der Waals surface area contributed by atoms with Gasteiger partial charge in [0.05, 0.1) is 31.1 Å². The van der Waals surface area contributed by atoms with Crippen molar-refractivity contribution in [2.24, 2.45) is 0 Å². The Morgan fingerprint density at radius 3 is 2.80 bits per heavy atom. The minimum Gasteiger partial charge on any atom is -0.467 e. The van der Waals surface area contributed by atoms with Crippen LogP contribution in [0.3, 0.4) is 0 Å². The first-order chi connectivity index (χ1) is 12.3. The highest BCUT2D eigenvalue weighted by atomic mass is 16.3. The quantitative estimate of drug-likeness (QED) is 0.610. The van der Waals surface area contributed by atoms with Gasteiger partial charge in [-0.2, -0.15) is 5.10 Å². The van der Waals surface area contributed by atoms with E-state index in [1.165, 1.54) is 0 Å². The number of pyridine rings is 1. The molecule has 0 fully saturated rings. The van der Waals surface area contributed by atoms with Gasteiger partial charge in [-0.3, -0.25) is 4.79 Å². The predicted octanol–water partition coefficient (Wildman–Crippen LogP) is 3.00. The van der Waals surface area contributed by atoms with Crippen molar-refractivity contribution in [2.75, 3.05) is 0 Å². The number of fused-ring (bicyclic) bond motifs is 1. The molecule has 0 saturated heterocycles. The number of amides is 1. The summed E-state index contributed by atoms with van der Waals surface area (Å²) in [7, 11) is 0. The third-order valence-electron chi connectivity index (χ3n) is 3.92. The molecule has 3 heterocycles. The number of rotatable bonds is 5. The maximum Gasteiger partial charge on any atom is 0.253 e. The first-order valence-corrected chi connectivity index (χ1v) is 7.96. The van der Waals surface area contributed by atoms with E-state index in [2.05, 4.69) is 15.4 Å². The second kappa shape index (κ2) is 6.60. The van der Waals surface area contributed by atoms with Crippen LogP contribution in [0.5, 0.6) is 0 Å². The molecule has 1 amide bonds. The second-order valence-electron chi connectivity index (χ2n) is 5.69. The molecule has 6 nitrogen and oxygen atoms in total. The van der Waals surface area contributed by atoms with Crippen LogP contribution in [-0.2, 0) is 13.1 Å². The van der Waals surface area contributed by atoms with Crippen molar-refractivity contribution in [3.05, 3.63) is 84.1 Å². The van der Waals surface area contributed by atoms with Gasteiger partial charge in [-0.25, -0.2) is 9.67 Å². The SMILES string of the molecule is O=C(NCc1ccco1)c1cnc2c(cnn2Cc2ccccc2)c1. The van der Waals surface area contributed by atoms with E-state index in [0.29, 0.717) is 24.4 Å².